The fraction of sp³-hybridized carbons (Fsp3) is 0.647. The van der Waals surface area contributed by atoms with Gasteiger partial charge in [-0.25, -0.2) is 0 Å². The van der Waals surface area contributed by atoms with Crippen molar-refractivity contribution in [1.82, 2.24) is 5.32 Å². The molecule has 6 heteroatoms. The first kappa shape index (κ1) is 29.5. The van der Waals surface area contributed by atoms with E-state index in [9.17, 15) is 13.6 Å². The monoisotopic (exact) mass is 337 g/mol. The minimum atomic E-state index is -3.36. The fourth-order valence-corrected chi connectivity index (χ4v) is 1.40. The molecule has 0 bridgehead atoms. The summed E-state index contributed by atoms with van der Waals surface area (Å²) in [4.78, 5) is 19.4. The van der Waals surface area contributed by atoms with E-state index < -0.39 is 11.7 Å². The lowest BCUT2D eigenvalue weighted by molar-refractivity contribution is -0.137. The SMILES string of the molecule is C=CC.C=CC(F)(F)C(=O)CC1CCCN1.CC.CC.O=CO. The van der Waals surface area contributed by atoms with Gasteiger partial charge in [-0.05, 0) is 32.4 Å². The van der Waals surface area contributed by atoms with Gasteiger partial charge in [0.2, 0.25) is 5.78 Å². The molecule has 1 saturated heterocycles. The van der Waals surface area contributed by atoms with Crippen LogP contribution in [0, 0.1) is 0 Å². The fourth-order valence-electron chi connectivity index (χ4n) is 1.40. The van der Waals surface area contributed by atoms with Crippen LogP contribution in [0.3, 0.4) is 0 Å². The summed E-state index contributed by atoms with van der Waals surface area (Å²) in [5, 5.41) is 9.88. The van der Waals surface area contributed by atoms with E-state index in [1.807, 2.05) is 34.6 Å². The molecule has 0 aromatic carbocycles. The van der Waals surface area contributed by atoms with Gasteiger partial charge in [0.1, 0.15) is 0 Å². The Labute approximate surface area is 139 Å². The first-order valence-corrected chi connectivity index (χ1v) is 7.82. The molecule has 138 valence electrons. The molecular weight excluding hydrogens is 304 g/mol. The van der Waals surface area contributed by atoms with Crippen LogP contribution in [0.1, 0.15) is 53.9 Å². The molecule has 1 rings (SSSR count). The normalized spacial score (nSPS) is 14.7. The highest BCUT2D eigenvalue weighted by Crippen LogP contribution is 2.20. The molecule has 0 aromatic heterocycles. The second-order valence-corrected chi connectivity index (χ2v) is 3.76. The van der Waals surface area contributed by atoms with Gasteiger partial charge in [-0.3, -0.25) is 9.59 Å². The van der Waals surface area contributed by atoms with Crippen molar-refractivity contribution >= 4 is 12.3 Å². The molecule has 2 N–H and O–H groups in total. The van der Waals surface area contributed by atoms with Crippen molar-refractivity contribution in [2.45, 2.75) is 65.8 Å². The molecule has 23 heavy (non-hydrogen) atoms. The summed E-state index contributed by atoms with van der Waals surface area (Å²) in [6.07, 6.45) is 3.82. The van der Waals surface area contributed by atoms with Crippen LogP contribution in [0.5, 0.6) is 0 Å². The second-order valence-electron chi connectivity index (χ2n) is 3.76. The summed E-state index contributed by atoms with van der Waals surface area (Å²) < 4.78 is 25.4. The topological polar surface area (TPSA) is 66.4 Å². The molecular formula is C17H33F2NO3. The van der Waals surface area contributed by atoms with Gasteiger partial charge >= 0.3 is 5.92 Å². The van der Waals surface area contributed by atoms with E-state index in [0.29, 0.717) is 6.08 Å². The zero-order valence-corrected chi connectivity index (χ0v) is 15.1. The molecule has 0 saturated carbocycles. The van der Waals surface area contributed by atoms with Crippen LogP contribution in [0.25, 0.3) is 0 Å². The van der Waals surface area contributed by atoms with Gasteiger partial charge in [-0.15, -0.1) is 6.58 Å². The highest BCUT2D eigenvalue weighted by molar-refractivity contribution is 5.87. The van der Waals surface area contributed by atoms with Gasteiger partial charge in [0.05, 0.1) is 0 Å². The number of halogens is 2. The maximum atomic E-state index is 12.7. The molecule has 0 aromatic rings. The van der Waals surface area contributed by atoms with Crippen molar-refractivity contribution in [3.05, 3.63) is 25.3 Å². The molecule has 1 heterocycles. The predicted octanol–water partition coefficient (Wildman–Crippen LogP) is 4.46. The number of allylic oxidation sites excluding steroid dienone is 2. The number of carbonyl (C=O) groups is 2. The number of carbonyl (C=O) groups excluding carboxylic acids is 1. The third-order valence-electron chi connectivity index (χ3n) is 2.22. The lowest BCUT2D eigenvalue weighted by Crippen LogP contribution is -2.33. The van der Waals surface area contributed by atoms with Crippen molar-refractivity contribution < 1.29 is 23.5 Å². The van der Waals surface area contributed by atoms with Crippen molar-refractivity contribution in [2.24, 2.45) is 0 Å². The zero-order valence-electron chi connectivity index (χ0n) is 15.1. The summed E-state index contributed by atoms with van der Waals surface area (Å²) in [6, 6.07) is -0.0710. The molecule has 1 fully saturated rings. The number of nitrogens with one attached hydrogen (secondary N) is 1. The Morgan fingerprint density at radius 2 is 1.70 bits per heavy atom. The Kier molecular flexibility index (Phi) is 29.1. The minimum Gasteiger partial charge on any atom is -0.483 e. The molecule has 0 amide bonds. The Balaban J connectivity index is -0.000000152. The van der Waals surface area contributed by atoms with Crippen LogP contribution in [0.15, 0.2) is 25.3 Å². The van der Waals surface area contributed by atoms with E-state index >= 15 is 0 Å². The van der Waals surface area contributed by atoms with Gasteiger partial charge in [-0.1, -0.05) is 40.3 Å². The predicted molar refractivity (Wildman–Crippen MR) is 93.1 cm³/mol. The van der Waals surface area contributed by atoms with Crippen LogP contribution >= 0.6 is 0 Å². The Morgan fingerprint density at radius 3 is 1.96 bits per heavy atom. The molecule has 1 atom stereocenters. The van der Waals surface area contributed by atoms with E-state index in [2.05, 4.69) is 18.5 Å². The van der Waals surface area contributed by atoms with Gasteiger partial charge in [-0.2, -0.15) is 8.78 Å². The zero-order chi connectivity index (χ0) is 19.3. The second kappa shape index (κ2) is 22.7. The van der Waals surface area contributed by atoms with E-state index in [0.717, 1.165) is 19.4 Å². The minimum absolute atomic E-state index is 0.0710. The van der Waals surface area contributed by atoms with Crippen molar-refractivity contribution in [3.63, 3.8) is 0 Å². The quantitative estimate of drug-likeness (QED) is 0.587. The number of alkyl halides is 2. The summed E-state index contributed by atoms with van der Waals surface area (Å²) in [6.45, 7) is 16.8. The highest BCUT2D eigenvalue weighted by atomic mass is 19.3. The third kappa shape index (κ3) is 20.4. The molecule has 0 aliphatic carbocycles. The molecule has 0 spiro atoms. The lowest BCUT2D eigenvalue weighted by Gasteiger charge is -2.13. The molecule has 1 unspecified atom stereocenters. The summed E-state index contributed by atoms with van der Waals surface area (Å²) in [5.41, 5.74) is 0. The van der Waals surface area contributed by atoms with Crippen LogP contribution in [-0.2, 0) is 9.59 Å². The number of hydrogen-bond acceptors (Lipinski definition) is 3. The van der Waals surface area contributed by atoms with E-state index in [1.54, 1.807) is 6.08 Å². The number of hydrogen-bond donors (Lipinski definition) is 2. The number of ketones is 1. The number of rotatable bonds is 4. The smallest absolute Gasteiger partial charge is 0.323 e. The number of Topliss-reactive ketones (excluding diaryl/α,β-unsaturated/α-hetero) is 1. The Hall–Kier alpha value is -1.56. The third-order valence-corrected chi connectivity index (χ3v) is 2.22. The first-order chi connectivity index (χ1) is 10.9. The van der Waals surface area contributed by atoms with Crippen LogP contribution in [0.2, 0.25) is 0 Å². The Bertz CT molecular complexity index is 284. The van der Waals surface area contributed by atoms with Crippen LogP contribution in [0.4, 0.5) is 8.78 Å². The summed E-state index contributed by atoms with van der Waals surface area (Å²) in [5.74, 6) is -4.40. The molecule has 0 radical (unpaired) electrons. The maximum absolute atomic E-state index is 12.7. The van der Waals surface area contributed by atoms with Crippen LogP contribution < -0.4 is 5.32 Å². The maximum Gasteiger partial charge on any atom is 0.323 e. The van der Waals surface area contributed by atoms with E-state index in [-0.39, 0.29) is 18.9 Å². The average molecular weight is 337 g/mol. The molecule has 4 nitrogen and oxygen atoms in total. The lowest BCUT2D eigenvalue weighted by atomic mass is 10.0. The average Bonchev–Trinajstić information content (AvgIpc) is 3.06. The largest absolute Gasteiger partial charge is 0.483 e. The van der Waals surface area contributed by atoms with Gasteiger partial charge in [0, 0.05) is 12.5 Å². The summed E-state index contributed by atoms with van der Waals surface area (Å²) >= 11 is 0. The Morgan fingerprint density at radius 1 is 1.30 bits per heavy atom. The van der Waals surface area contributed by atoms with Gasteiger partial charge in [0.25, 0.3) is 6.47 Å². The van der Waals surface area contributed by atoms with E-state index in [4.69, 9.17) is 9.90 Å². The summed E-state index contributed by atoms with van der Waals surface area (Å²) in [7, 11) is 0. The molecule has 1 aliphatic rings. The van der Waals surface area contributed by atoms with Crippen molar-refractivity contribution in [1.29, 1.82) is 0 Å². The van der Waals surface area contributed by atoms with Crippen molar-refractivity contribution in [3.8, 4) is 0 Å². The van der Waals surface area contributed by atoms with Crippen LogP contribution in [-0.4, -0.2) is 35.9 Å². The van der Waals surface area contributed by atoms with Crippen molar-refractivity contribution in [2.75, 3.05) is 6.54 Å². The number of carboxylic acid groups (broad SMARTS) is 1. The van der Waals surface area contributed by atoms with Gasteiger partial charge in [0.15, 0.2) is 0 Å². The van der Waals surface area contributed by atoms with E-state index in [1.165, 1.54) is 0 Å². The standard InChI is InChI=1S/C9H13F2NO.C3H6.2C2H6.CH2O2/c1-2-9(10,11)8(13)6-7-4-3-5-12-7;1-3-2;2*1-2;2-1-3/h2,7,12H,1,3-6H2;3H,1H2,2H3;2*1-2H3;1H,(H,2,3). The molecule has 1 aliphatic heterocycles. The first-order valence-electron chi connectivity index (χ1n) is 7.82. The van der Waals surface area contributed by atoms with Gasteiger partial charge < -0.3 is 10.4 Å². The highest BCUT2D eigenvalue weighted by Gasteiger charge is 2.36.